The van der Waals surface area contributed by atoms with Gasteiger partial charge >= 0.3 is 5.97 Å². The molecule has 4 rings (SSSR count). The molecule has 1 aliphatic carbocycles. The largest absolute Gasteiger partial charge is 0.481 e. The molecule has 0 aromatic carbocycles. The van der Waals surface area contributed by atoms with E-state index in [1.54, 1.807) is 21.6 Å². The van der Waals surface area contributed by atoms with Crippen molar-refractivity contribution < 1.29 is 9.90 Å². The first-order chi connectivity index (χ1) is 12.9. The summed E-state index contributed by atoms with van der Waals surface area (Å²) in [6, 6.07) is 0. The highest BCUT2D eigenvalue weighted by Crippen LogP contribution is 2.39. The van der Waals surface area contributed by atoms with E-state index < -0.39 is 5.97 Å². The summed E-state index contributed by atoms with van der Waals surface area (Å²) >= 11 is 0. The Morgan fingerprint density at radius 2 is 2.00 bits per heavy atom. The quantitative estimate of drug-likeness (QED) is 0.732. The number of nitrogen functional groups attached to an aromatic ring is 1. The lowest BCUT2D eigenvalue weighted by Gasteiger charge is -2.28. The number of aryl methyl sites for hydroxylation is 1. The van der Waals surface area contributed by atoms with E-state index in [9.17, 15) is 4.79 Å². The molecule has 3 aromatic heterocycles. The number of nitrogens with zero attached hydrogens (tertiary/aromatic N) is 5. The zero-order valence-corrected chi connectivity index (χ0v) is 15.6. The van der Waals surface area contributed by atoms with Crippen LogP contribution in [0, 0.1) is 12.8 Å². The molecule has 0 amide bonds. The molecule has 3 heterocycles. The van der Waals surface area contributed by atoms with E-state index in [4.69, 9.17) is 15.8 Å². The van der Waals surface area contributed by atoms with E-state index in [1.807, 2.05) is 20.2 Å². The van der Waals surface area contributed by atoms with Crippen molar-refractivity contribution in [3.63, 3.8) is 0 Å². The second kappa shape index (κ2) is 6.68. The molecule has 0 radical (unpaired) electrons. The highest BCUT2D eigenvalue weighted by molar-refractivity contribution is 5.77. The van der Waals surface area contributed by atoms with Crippen molar-refractivity contribution in [3.8, 4) is 11.1 Å². The first-order valence-electron chi connectivity index (χ1n) is 9.28. The molecule has 0 aliphatic heterocycles. The van der Waals surface area contributed by atoms with Crippen molar-refractivity contribution in [1.82, 2.24) is 24.4 Å². The predicted molar refractivity (Wildman–Crippen MR) is 101 cm³/mol. The lowest BCUT2D eigenvalue weighted by molar-refractivity contribution is -0.138. The average Bonchev–Trinajstić information content (AvgIpc) is 3.24. The number of carboxylic acid groups (broad SMARTS) is 1. The smallest absolute Gasteiger partial charge is 0.303 e. The van der Waals surface area contributed by atoms with Crippen LogP contribution in [0.15, 0.2) is 18.6 Å². The summed E-state index contributed by atoms with van der Waals surface area (Å²) in [6.07, 6.45) is 9.49. The molecular weight excluding hydrogens is 344 g/mol. The van der Waals surface area contributed by atoms with Crippen LogP contribution in [0.3, 0.4) is 0 Å². The van der Waals surface area contributed by atoms with Gasteiger partial charge in [-0.15, -0.1) is 0 Å². The molecule has 0 bridgehead atoms. The Kier molecular flexibility index (Phi) is 4.33. The minimum atomic E-state index is -0.709. The first-order valence-corrected chi connectivity index (χ1v) is 9.28. The fraction of sp³-hybridized carbons (Fsp3) is 0.474. The maximum absolute atomic E-state index is 11.0. The molecule has 0 spiro atoms. The number of aromatic nitrogens is 5. The van der Waals surface area contributed by atoms with Gasteiger partial charge in [-0.05, 0) is 38.5 Å². The van der Waals surface area contributed by atoms with Gasteiger partial charge < -0.3 is 10.8 Å². The number of anilines is 1. The van der Waals surface area contributed by atoms with Gasteiger partial charge in [-0.2, -0.15) is 14.7 Å². The van der Waals surface area contributed by atoms with Gasteiger partial charge in [-0.3, -0.25) is 9.48 Å². The Bertz CT molecular complexity index is 997. The summed E-state index contributed by atoms with van der Waals surface area (Å²) in [6.45, 7) is 1.99. The number of carbonyl (C=O) groups is 1. The maximum Gasteiger partial charge on any atom is 0.303 e. The normalized spacial score (nSPS) is 20.2. The summed E-state index contributed by atoms with van der Waals surface area (Å²) < 4.78 is 3.44. The molecule has 0 saturated heterocycles. The lowest BCUT2D eigenvalue weighted by atomic mass is 9.78. The van der Waals surface area contributed by atoms with Crippen molar-refractivity contribution in [2.24, 2.45) is 13.0 Å². The monoisotopic (exact) mass is 368 g/mol. The summed E-state index contributed by atoms with van der Waals surface area (Å²) in [5.41, 5.74) is 11.0. The topological polar surface area (TPSA) is 111 Å². The van der Waals surface area contributed by atoms with Crippen LogP contribution in [0.5, 0.6) is 0 Å². The summed E-state index contributed by atoms with van der Waals surface area (Å²) in [7, 11) is 1.88. The molecule has 0 unspecified atom stereocenters. The molecule has 8 heteroatoms. The highest BCUT2D eigenvalue weighted by Gasteiger charge is 2.27. The molecular formula is C19H24N6O2. The highest BCUT2D eigenvalue weighted by atomic mass is 16.4. The van der Waals surface area contributed by atoms with Gasteiger partial charge in [-0.25, -0.2) is 4.98 Å². The Labute approximate surface area is 157 Å². The van der Waals surface area contributed by atoms with Crippen molar-refractivity contribution >= 4 is 17.4 Å². The number of hydrogen-bond donors (Lipinski definition) is 2. The zero-order valence-electron chi connectivity index (χ0n) is 15.6. The predicted octanol–water partition coefficient (Wildman–Crippen LogP) is 2.77. The van der Waals surface area contributed by atoms with Crippen LogP contribution >= 0.6 is 0 Å². The minimum absolute atomic E-state index is 0.258. The fourth-order valence-corrected chi connectivity index (χ4v) is 4.16. The van der Waals surface area contributed by atoms with E-state index in [0.717, 1.165) is 53.7 Å². The molecule has 3 aromatic rings. The second-order valence-electron chi connectivity index (χ2n) is 7.52. The number of rotatable bonds is 4. The van der Waals surface area contributed by atoms with Crippen molar-refractivity contribution in [1.29, 1.82) is 0 Å². The average molecular weight is 368 g/mol. The lowest BCUT2D eigenvalue weighted by Crippen LogP contribution is -2.19. The van der Waals surface area contributed by atoms with Crippen molar-refractivity contribution in [3.05, 3.63) is 29.8 Å². The number of nitrogens with two attached hydrogens (primary N) is 1. The Morgan fingerprint density at radius 3 is 2.63 bits per heavy atom. The van der Waals surface area contributed by atoms with Crippen LogP contribution in [-0.4, -0.2) is 35.5 Å². The third-order valence-corrected chi connectivity index (χ3v) is 5.68. The van der Waals surface area contributed by atoms with E-state index >= 15 is 0 Å². The Balaban J connectivity index is 1.69. The fourth-order valence-electron chi connectivity index (χ4n) is 4.16. The molecule has 1 aliphatic rings. The van der Waals surface area contributed by atoms with Gasteiger partial charge in [0.15, 0.2) is 5.65 Å². The Hall–Kier alpha value is -2.90. The third kappa shape index (κ3) is 3.15. The molecule has 27 heavy (non-hydrogen) atoms. The van der Waals surface area contributed by atoms with Gasteiger partial charge in [0.05, 0.1) is 18.1 Å². The van der Waals surface area contributed by atoms with Crippen molar-refractivity contribution in [2.75, 3.05) is 5.73 Å². The van der Waals surface area contributed by atoms with Crippen LogP contribution in [0.25, 0.3) is 16.8 Å². The van der Waals surface area contributed by atoms with Crippen LogP contribution in [0.1, 0.15) is 49.3 Å². The van der Waals surface area contributed by atoms with E-state index in [1.165, 1.54) is 0 Å². The van der Waals surface area contributed by atoms with Gasteiger partial charge in [-0.1, -0.05) is 0 Å². The molecule has 3 N–H and O–H groups in total. The number of carboxylic acids is 1. The molecule has 142 valence electrons. The first kappa shape index (κ1) is 17.5. The number of aliphatic carboxylic acids is 1. The zero-order chi connectivity index (χ0) is 19.1. The summed E-state index contributed by atoms with van der Waals surface area (Å²) in [5, 5.41) is 17.7. The third-order valence-electron chi connectivity index (χ3n) is 5.68. The molecule has 1 fully saturated rings. The van der Waals surface area contributed by atoms with Crippen molar-refractivity contribution in [2.45, 2.75) is 44.9 Å². The van der Waals surface area contributed by atoms with Crippen LogP contribution in [0.4, 0.5) is 5.82 Å². The number of fused-ring (bicyclic) bond motifs is 1. The van der Waals surface area contributed by atoms with Crippen LogP contribution in [0.2, 0.25) is 0 Å². The van der Waals surface area contributed by atoms with Crippen LogP contribution < -0.4 is 5.73 Å². The minimum Gasteiger partial charge on any atom is -0.481 e. The molecule has 0 atom stereocenters. The van der Waals surface area contributed by atoms with E-state index in [0.29, 0.717) is 11.7 Å². The molecule has 1 saturated carbocycles. The van der Waals surface area contributed by atoms with Gasteiger partial charge in [0.2, 0.25) is 0 Å². The standard InChI is InChI=1S/C19H24N6O2/c1-11-17(13-5-3-12(4-6-13)7-16(26)27)23-19-15(9-22-25(19)18(11)20)14-8-21-24(2)10-14/h8-10,12-13H,3-7,20H2,1-2H3,(H,26,27). The van der Waals surface area contributed by atoms with Gasteiger partial charge in [0.25, 0.3) is 0 Å². The maximum atomic E-state index is 11.0. The summed E-state index contributed by atoms with van der Waals surface area (Å²) in [4.78, 5) is 15.9. The van der Waals surface area contributed by atoms with Gasteiger partial charge in [0.1, 0.15) is 5.82 Å². The van der Waals surface area contributed by atoms with Crippen LogP contribution in [-0.2, 0) is 11.8 Å². The molecule has 8 nitrogen and oxygen atoms in total. The Morgan fingerprint density at radius 1 is 1.26 bits per heavy atom. The van der Waals surface area contributed by atoms with Gasteiger partial charge in [0, 0.05) is 42.3 Å². The second-order valence-corrected chi connectivity index (χ2v) is 7.52. The summed E-state index contributed by atoms with van der Waals surface area (Å²) in [5.74, 6) is 0.469. The van der Waals surface area contributed by atoms with E-state index in [-0.39, 0.29) is 12.3 Å². The SMILES string of the molecule is Cc1c(C2CCC(CC(=O)O)CC2)nc2c(-c3cnn(C)c3)cnn2c1N. The van der Waals surface area contributed by atoms with E-state index in [2.05, 4.69) is 10.2 Å². The number of hydrogen-bond acceptors (Lipinski definition) is 5.